The Morgan fingerprint density at radius 1 is 1.05 bits per heavy atom. The summed E-state index contributed by atoms with van der Waals surface area (Å²) in [6.07, 6.45) is 2.72. The molecule has 0 heterocycles. The number of benzene rings is 2. The molecular weight excluding hydrogens is 262 g/mol. The molecule has 0 aliphatic heterocycles. The average molecular weight is 283 g/mol. The predicted molar refractivity (Wildman–Crippen MR) is 83.7 cm³/mol. The molecule has 3 heteroatoms. The molecule has 1 aliphatic rings. The Bertz CT molecular complexity index is 608. The third-order valence-corrected chi connectivity index (χ3v) is 3.57. The van der Waals surface area contributed by atoms with E-state index in [1.54, 1.807) is 0 Å². The van der Waals surface area contributed by atoms with E-state index in [9.17, 15) is 0 Å². The third kappa shape index (κ3) is 3.56. The highest BCUT2D eigenvalue weighted by Crippen LogP contribution is 2.30. The van der Waals surface area contributed by atoms with E-state index < -0.39 is 0 Å². The van der Waals surface area contributed by atoms with Crippen LogP contribution in [0.5, 0.6) is 11.5 Å². The summed E-state index contributed by atoms with van der Waals surface area (Å²) in [5, 5.41) is 0. The quantitative estimate of drug-likeness (QED) is 0.879. The van der Waals surface area contributed by atoms with Gasteiger partial charge in [-0.2, -0.15) is 0 Å². The molecule has 0 aromatic heterocycles. The van der Waals surface area contributed by atoms with Gasteiger partial charge in [0.2, 0.25) is 0 Å². The van der Waals surface area contributed by atoms with Crippen molar-refractivity contribution in [3.63, 3.8) is 0 Å². The van der Waals surface area contributed by atoms with Crippen LogP contribution in [-0.4, -0.2) is 12.7 Å². The Morgan fingerprint density at radius 2 is 1.67 bits per heavy atom. The van der Waals surface area contributed by atoms with E-state index in [-0.39, 0.29) is 6.04 Å². The molecule has 21 heavy (non-hydrogen) atoms. The second kappa shape index (κ2) is 6.19. The minimum absolute atomic E-state index is 0.173. The van der Waals surface area contributed by atoms with E-state index in [2.05, 4.69) is 0 Å². The first-order valence-electron chi connectivity index (χ1n) is 7.51. The summed E-state index contributed by atoms with van der Waals surface area (Å²) in [5.41, 5.74) is 8.49. The van der Waals surface area contributed by atoms with E-state index in [0.717, 1.165) is 35.5 Å². The van der Waals surface area contributed by atoms with Gasteiger partial charge in [0.05, 0.1) is 18.8 Å². The van der Waals surface area contributed by atoms with Crippen LogP contribution in [0.4, 0.5) is 0 Å². The minimum Gasteiger partial charge on any atom is -0.494 e. The zero-order chi connectivity index (χ0) is 14.7. The van der Waals surface area contributed by atoms with Gasteiger partial charge in [0.1, 0.15) is 11.5 Å². The standard InChI is InChI=1S/C18H21NO2/c1-2-20-16-7-3-5-13(11-16)18(19)14-6-4-8-17(12-14)21-15-9-10-15/h3-8,11-12,15,18H,2,9-10,19H2,1H3. The van der Waals surface area contributed by atoms with Gasteiger partial charge >= 0.3 is 0 Å². The van der Waals surface area contributed by atoms with E-state index in [1.165, 1.54) is 0 Å². The van der Waals surface area contributed by atoms with Gasteiger partial charge < -0.3 is 15.2 Å². The summed E-state index contributed by atoms with van der Waals surface area (Å²) in [5.74, 6) is 1.77. The largest absolute Gasteiger partial charge is 0.494 e. The monoisotopic (exact) mass is 283 g/mol. The predicted octanol–water partition coefficient (Wildman–Crippen LogP) is 3.67. The first-order valence-corrected chi connectivity index (χ1v) is 7.51. The van der Waals surface area contributed by atoms with Crippen LogP contribution >= 0.6 is 0 Å². The Morgan fingerprint density at radius 3 is 2.29 bits per heavy atom. The fourth-order valence-corrected chi connectivity index (χ4v) is 2.32. The highest BCUT2D eigenvalue weighted by Gasteiger charge is 2.23. The van der Waals surface area contributed by atoms with Crippen molar-refractivity contribution in [3.8, 4) is 11.5 Å². The lowest BCUT2D eigenvalue weighted by Crippen LogP contribution is -2.12. The smallest absolute Gasteiger partial charge is 0.120 e. The van der Waals surface area contributed by atoms with Crippen molar-refractivity contribution in [3.05, 3.63) is 59.7 Å². The molecule has 2 N–H and O–H groups in total. The molecule has 2 aromatic rings. The second-order valence-electron chi connectivity index (χ2n) is 5.37. The molecule has 0 radical (unpaired) electrons. The summed E-state index contributed by atoms with van der Waals surface area (Å²) >= 11 is 0. The molecule has 1 fully saturated rings. The number of hydrogen-bond acceptors (Lipinski definition) is 3. The van der Waals surface area contributed by atoms with E-state index >= 15 is 0 Å². The Labute approximate surface area is 125 Å². The lowest BCUT2D eigenvalue weighted by molar-refractivity contribution is 0.303. The number of hydrogen-bond donors (Lipinski definition) is 1. The van der Waals surface area contributed by atoms with Crippen LogP contribution in [0.1, 0.15) is 36.9 Å². The van der Waals surface area contributed by atoms with E-state index in [0.29, 0.717) is 12.7 Å². The Balaban J connectivity index is 1.80. The fourth-order valence-electron chi connectivity index (χ4n) is 2.32. The number of nitrogens with two attached hydrogens (primary N) is 1. The number of rotatable bonds is 6. The van der Waals surface area contributed by atoms with Crippen LogP contribution in [-0.2, 0) is 0 Å². The third-order valence-electron chi connectivity index (χ3n) is 3.57. The lowest BCUT2D eigenvalue weighted by atomic mass is 9.99. The summed E-state index contributed by atoms with van der Waals surface area (Å²) in [6.45, 7) is 2.63. The van der Waals surface area contributed by atoms with Crippen molar-refractivity contribution in [2.24, 2.45) is 5.73 Å². The van der Waals surface area contributed by atoms with Crippen LogP contribution in [0.3, 0.4) is 0 Å². The second-order valence-corrected chi connectivity index (χ2v) is 5.37. The Hall–Kier alpha value is -2.00. The zero-order valence-corrected chi connectivity index (χ0v) is 12.3. The Kier molecular flexibility index (Phi) is 4.11. The maximum absolute atomic E-state index is 6.39. The summed E-state index contributed by atoms with van der Waals surface area (Å²) < 4.78 is 11.4. The topological polar surface area (TPSA) is 44.5 Å². The van der Waals surface area contributed by atoms with Gasteiger partial charge in [-0.05, 0) is 55.2 Å². The molecule has 0 bridgehead atoms. The van der Waals surface area contributed by atoms with Gasteiger partial charge in [-0.1, -0.05) is 24.3 Å². The molecule has 0 spiro atoms. The van der Waals surface area contributed by atoms with Crippen molar-refractivity contribution < 1.29 is 9.47 Å². The van der Waals surface area contributed by atoms with Crippen LogP contribution < -0.4 is 15.2 Å². The highest BCUT2D eigenvalue weighted by molar-refractivity contribution is 5.39. The minimum atomic E-state index is -0.173. The van der Waals surface area contributed by atoms with Gasteiger partial charge in [-0.25, -0.2) is 0 Å². The van der Waals surface area contributed by atoms with Gasteiger partial charge in [0.15, 0.2) is 0 Å². The molecule has 110 valence electrons. The van der Waals surface area contributed by atoms with Crippen molar-refractivity contribution >= 4 is 0 Å². The molecule has 3 nitrogen and oxygen atoms in total. The molecule has 1 saturated carbocycles. The number of ether oxygens (including phenoxy) is 2. The molecule has 1 unspecified atom stereocenters. The van der Waals surface area contributed by atoms with Gasteiger partial charge in [0, 0.05) is 0 Å². The zero-order valence-electron chi connectivity index (χ0n) is 12.3. The van der Waals surface area contributed by atoms with E-state index in [4.69, 9.17) is 15.2 Å². The molecule has 2 aromatic carbocycles. The first kappa shape index (κ1) is 14.0. The molecule has 1 atom stereocenters. The van der Waals surface area contributed by atoms with Crippen LogP contribution in [0.2, 0.25) is 0 Å². The van der Waals surface area contributed by atoms with Crippen LogP contribution in [0, 0.1) is 0 Å². The van der Waals surface area contributed by atoms with Gasteiger partial charge in [-0.15, -0.1) is 0 Å². The average Bonchev–Trinajstić information content (AvgIpc) is 3.31. The van der Waals surface area contributed by atoms with Crippen molar-refractivity contribution in [2.45, 2.75) is 31.9 Å². The molecular formula is C18H21NO2. The summed E-state index contributed by atoms with van der Waals surface area (Å²) in [6, 6.07) is 15.9. The summed E-state index contributed by atoms with van der Waals surface area (Å²) in [7, 11) is 0. The van der Waals surface area contributed by atoms with Crippen LogP contribution in [0.15, 0.2) is 48.5 Å². The van der Waals surface area contributed by atoms with Gasteiger partial charge in [-0.3, -0.25) is 0 Å². The van der Waals surface area contributed by atoms with Crippen molar-refractivity contribution in [2.75, 3.05) is 6.61 Å². The molecule has 1 aliphatic carbocycles. The molecule has 3 rings (SSSR count). The normalized spacial score (nSPS) is 15.5. The van der Waals surface area contributed by atoms with E-state index in [1.807, 2.05) is 55.5 Å². The van der Waals surface area contributed by atoms with Crippen molar-refractivity contribution in [1.82, 2.24) is 0 Å². The summed E-state index contributed by atoms with van der Waals surface area (Å²) in [4.78, 5) is 0. The maximum atomic E-state index is 6.39. The van der Waals surface area contributed by atoms with Crippen molar-refractivity contribution in [1.29, 1.82) is 0 Å². The maximum Gasteiger partial charge on any atom is 0.120 e. The first-order chi connectivity index (χ1) is 10.3. The highest BCUT2D eigenvalue weighted by atomic mass is 16.5. The van der Waals surface area contributed by atoms with Gasteiger partial charge in [0.25, 0.3) is 0 Å². The molecule has 0 amide bonds. The van der Waals surface area contributed by atoms with Crippen LogP contribution in [0.25, 0.3) is 0 Å². The molecule has 0 saturated heterocycles. The lowest BCUT2D eigenvalue weighted by Gasteiger charge is -2.15. The SMILES string of the molecule is CCOc1cccc(C(N)c2cccc(OC3CC3)c2)c1. The fraction of sp³-hybridized carbons (Fsp3) is 0.333.